The second-order valence-electron chi connectivity index (χ2n) is 4.72. The van der Waals surface area contributed by atoms with Crippen molar-refractivity contribution < 1.29 is 9.90 Å². The molecule has 18 heavy (non-hydrogen) atoms. The molecule has 0 heterocycles. The number of benzene rings is 1. The van der Waals surface area contributed by atoms with Crippen LogP contribution in [0.3, 0.4) is 0 Å². The molecule has 2 N–H and O–H groups in total. The summed E-state index contributed by atoms with van der Waals surface area (Å²) in [6.07, 6.45) is 7.06. The fourth-order valence-corrected chi connectivity index (χ4v) is 2.14. The third kappa shape index (κ3) is 3.70. The van der Waals surface area contributed by atoms with Gasteiger partial charge in [0.2, 0.25) is 5.91 Å². The number of aliphatic hydroxyl groups excluding tert-OH is 1. The molecule has 0 saturated carbocycles. The lowest BCUT2D eigenvalue weighted by Gasteiger charge is -2.09. The molecule has 1 amide bonds. The van der Waals surface area contributed by atoms with Gasteiger partial charge in [0.15, 0.2) is 0 Å². The van der Waals surface area contributed by atoms with Crippen LogP contribution < -0.4 is 5.32 Å². The summed E-state index contributed by atoms with van der Waals surface area (Å²) >= 11 is 0. The van der Waals surface area contributed by atoms with Gasteiger partial charge in [0.05, 0.1) is 6.61 Å². The Labute approximate surface area is 108 Å². The standard InChI is InChI=1S/C15H19NO2/c17-11-14-7-5-13(6-8-14)10-16-15(18)9-12-3-1-2-4-12/h1,3,5-8,12,17H,2,4,9-11H2,(H,16,18). The molecule has 1 aliphatic carbocycles. The summed E-state index contributed by atoms with van der Waals surface area (Å²) in [4.78, 5) is 11.7. The van der Waals surface area contributed by atoms with E-state index < -0.39 is 0 Å². The van der Waals surface area contributed by atoms with Gasteiger partial charge in [-0.25, -0.2) is 0 Å². The second kappa shape index (κ2) is 6.36. The predicted octanol–water partition coefficient (Wildman–Crippen LogP) is 2.15. The lowest BCUT2D eigenvalue weighted by atomic mass is 10.0. The van der Waals surface area contributed by atoms with Crippen LogP contribution in [0.4, 0.5) is 0 Å². The van der Waals surface area contributed by atoms with Crippen molar-refractivity contribution in [3.05, 3.63) is 47.5 Å². The Morgan fingerprint density at radius 3 is 2.61 bits per heavy atom. The highest BCUT2D eigenvalue weighted by molar-refractivity contribution is 5.76. The summed E-state index contributed by atoms with van der Waals surface area (Å²) in [6.45, 7) is 0.613. The zero-order valence-electron chi connectivity index (χ0n) is 10.4. The van der Waals surface area contributed by atoms with Gasteiger partial charge in [0, 0.05) is 13.0 Å². The average molecular weight is 245 g/mol. The first-order valence-corrected chi connectivity index (χ1v) is 6.40. The Kier molecular flexibility index (Phi) is 4.53. The summed E-state index contributed by atoms with van der Waals surface area (Å²) in [5, 5.41) is 11.9. The van der Waals surface area contributed by atoms with Gasteiger partial charge in [-0.1, -0.05) is 36.4 Å². The van der Waals surface area contributed by atoms with Crippen molar-refractivity contribution in [3.8, 4) is 0 Å². The second-order valence-corrected chi connectivity index (χ2v) is 4.72. The van der Waals surface area contributed by atoms with E-state index in [2.05, 4.69) is 17.5 Å². The third-order valence-electron chi connectivity index (χ3n) is 3.26. The van der Waals surface area contributed by atoms with Crippen molar-refractivity contribution in [2.75, 3.05) is 0 Å². The van der Waals surface area contributed by atoms with Crippen LogP contribution in [-0.2, 0) is 17.9 Å². The van der Waals surface area contributed by atoms with E-state index in [1.54, 1.807) is 0 Å². The Morgan fingerprint density at radius 1 is 1.28 bits per heavy atom. The van der Waals surface area contributed by atoms with E-state index >= 15 is 0 Å². The molecule has 2 rings (SSSR count). The lowest BCUT2D eigenvalue weighted by Crippen LogP contribution is -2.24. The van der Waals surface area contributed by atoms with Crippen molar-refractivity contribution in [1.82, 2.24) is 5.32 Å². The van der Waals surface area contributed by atoms with Crippen LogP contribution in [-0.4, -0.2) is 11.0 Å². The van der Waals surface area contributed by atoms with Gasteiger partial charge < -0.3 is 10.4 Å². The van der Waals surface area contributed by atoms with Crippen LogP contribution >= 0.6 is 0 Å². The number of rotatable bonds is 5. The lowest BCUT2D eigenvalue weighted by molar-refractivity contribution is -0.121. The first-order valence-electron chi connectivity index (χ1n) is 6.40. The zero-order valence-corrected chi connectivity index (χ0v) is 10.4. The SMILES string of the molecule is O=C(CC1C=CCC1)NCc1ccc(CO)cc1. The molecule has 0 saturated heterocycles. The summed E-state index contributed by atoms with van der Waals surface area (Å²) in [6, 6.07) is 7.62. The van der Waals surface area contributed by atoms with Crippen LogP contribution in [0.5, 0.6) is 0 Å². The van der Waals surface area contributed by atoms with E-state index in [1.165, 1.54) is 0 Å². The molecular formula is C15H19NO2. The molecule has 0 bridgehead atoms. The molecule has 1 aliphatic rings. The third-order valence-corrected chi connectivity index (χ3v) is 3.26. The van der Waals surface area contributed by atoms with E-state index in [0.29, 0.717) is 18.9 Å². The number of carbonyl (C=O) groups is 1. The predicted molar refractivity (Wildman–Crippen MR) is 70.7 cm³/mol. The highest BCUT2D eigenvalue weighted by atomic mass is 16.3. The van der Waals surface area contributed by atoms with Crippen molar-refractivity contribution in [3.63, 3.8) is 0 Å². The monoisotopic (exact) mass is 245 g/mol. The van der Waals surface area contributed by atoms with Crippen LogP contribution in [0.15, 0.2) is 36.4 Å². The minimum Gasteiger partial charge on any atom is -0.392 e. The molecule has 0 fully saturated rings. The molecule has 1 unspecified atom stereocenters. The van der Waals surface area contributed by atoms with Gasteiger partial charge >= 0.3 is 0 Å². The number of aliphatic hydroxyl groups is 1. The fraction of sp³-hybridized carbons (Fsp3) is 0.400. The smallest absolute Gasteiger partial charge is 0.220 e. The van der Waals surface area contributed by atoms with Gasteiger partial charge in [-0.3, -0.25) is 4.79 Å². The normalized spacial score (nSPS) is 17.9. The minimum atomic E-state index is 0.0562. The highest BCUT2D eigenvalue weighted by Gasteiger charge is 2.13. The Bertz CT molecular complexity index is 423. The number of hydrogen-bond acceptors (Lipinski definition) is 2. The van der Waals surface area contributed by atoms with Gasteiger partial charge in [-0.15, -0.1) is 0 Å². The number of allylic oxidation sites excluding steroid dienone is 2. The quantitative estimate of drug-likeness (QED) is 0.781. The van der Waals surface area contributed by atoms with Crippen molar-refractivity contribution >= 4 is 5.91 Å². The Balaban J connectivity index is 1.75. The van der Waals surface area contributed by atoms with Crippen molar-refractivity contribution in [2.24, 2.45) is 5.92 Å². The summed E-state index contributed by atoms with van der Waals surface area (Å²) in [7, 11) is 0. The summed E-state index contributed by atoms with van der Waals surface area (Å²) in [5.74, 6) is 0.527. The molecule has 96 valence electrons. The maximum Gasteiger partial charge on any atom is 0.220 e. The van der Waals surface area contributed by atoms with E-state index in [0.717, 1.165) is 24.0 Å². The fourth-order valence-electron chi connectivity index (χ4n) is 2.14. The van der Waals surface area contributed by atoms with Crippen LogP contribution in [0.2, 0.25) is 0 Å². The summed E-state index contributed by atoms with van der Waals surface area (Å²) < 4.78 is 0. The first-order chi connectivity index (χ1) is 8.78. The topological polar surface area (TPSA) is 49.3 Å². The minimum absolute atomic E-state index is 0.0562. The first kappa shape index (κ1) is 12.8. The molecule has 1 aromatic carbocycles. The molecule has 0 spiro atoms. The maximum absolute atomic E-state index is 11.7. The number of nitrogens with one attached hydrogen (secondary N) is 1. The molecule has 0 aromatic heterocycles. The Morgan fingerprint density at radius 2 is 2.00 bits per heavy atom. The zero-order chi connectivity index (χ0) is 12.8. The molecule has 3 nitrogen and oxygen atoms in total. The molecule has 0 aliphatic heterocycles. The molecule has 0 radical (unpaired) electrons. The van der Waals surface area contributed by atoms with Crippen LogP contribution in [0.1, 0.15) is 30.4 Å². The number of hydrogen-bond donors (Lipinski definition) is 2. The van der Waals surface area contributed by atoms with E-state index in [9.17, 15) is 4.79 Å². The van der Waals surface area contributed by atoms with E-state index in [-0.39, 0.29) is 12.5 Å². The van der Waals surface area contributed by atoms with Gasteiger partial charge in [0.1, 0.15) is 0 Å². The molecule has 1 aromatic rings. The van der Waals surface area contributed by atoms with Gasteiger partial charge in [0.25, 0.3) is 0 Å². The van der Waals surface area contributed by atoms with Crippen molar-refractivity contribution in [1.29, 1.82) is 0 Å². The molecular weight excluding hydrogens is 226 g/mol. The molecule has 3 heteroatoms. The number of amides is 1. The average Bonchev–Trinajstić information content (AvgIpc) is 2.90. The van der Waals surface area contributed by atoms with Gasteiger partial charge in [-0.2, -0.15) is 0 Å². The van der Waals surface area contributed by atoms with Crippen LogP contribution in [0.25, 0.3) is 0 Å². The maximum atomic E-state index is 11.7. The van der Waals surface area contributed by atoms with E-state index in [1.807, 2.05) is 24.3 Å². The Hall–Kier alpha value is -1.61. The molecule has 1 atom stereocenters. The van der Waals surface area contributed by atoms with Gasteiger partial charge in [-0.05, 0) is 29.9 Å². The highest BCUT2D eigenvalue weighted by Crippen LogP contribution is 2.20. The van der Waals surface area contributed by atoms with Crippen molar-refractivity contribution in [2.45, 2.75) is 32.4 Å². The van der Waals surface area contributed by atoms with Crippen LogP contribution in [0, 0.1) is 5.92 Å². The van der Waals surface area contributed by atoms with E-state index in [4.69, 9.17) is 5.11 Å². The summed E-state index contributed by atoms with van der Waals surface area (Å²) in [5.41, 5.74) is 1.95. The largest absolute Gasteiger partial charge is 0.392 e. The number of carbonyl (C=O) groups excluding carboxylic acids is 1.